The van der Waals surface area contributed by atoms with E-state index in [1.54, 1.807) is 36.9 Å². The lowest BCUT2D eigenvalue weighted by Crippen LogP contribution is -2.11. The van der Waals surface area contributed by atoms with Crippen molar-refractivity contribution in [2.45, 2.75) is 0 Å². The van der Waals surface area contributed by atoms with Crippen molar-refractivity contribution in [3.63, 3.8) is 0 Å². The van der Waals surface area contributed by atoms with Crippen molar-refractivity contribution in [2.75, 3.05) is 5.32 Å². The van der Waals surface area contributed by atoms with Crippen LogP contribution in [0.2, 0.25) is 0 Å². The fraction of sp³-hybridized carbons (Fsp3) is 0. The van der Waals surface area contributed by atoms with E-state index in [0.29, 0.717) is 11.3 Å². The number of carbonyl (C=O) groups excluding carboxylic acids is 1. The van der Waals surface area contributed by atoms with E-state index in [4.69, 9.17) is 0 Å². The van der Waals surface area contributed by atoms with Gasteiger partial charge in [-0.25, -0.2) is 0 Å². The first-order valence-electron chi connectivity index (χ1n) is 12.4. The molecule has 0 aliphatic carbocycles. The van der Waals surface area contributed by atoms with Crippen LogP contribution in [-0.2, 0) is 0 Å². The summed E-state index contributed by atoms with van der Waals surface area (Å²) < 4.78 is 0. The van der Waals surface area contributed by atoms with E-state index >= 15 is 0 Å². The molecule has 0 radical (unpaired) electrons. The average Bonchev–Trinajstić information content (AvgIpc) is 3.62. The second-order valence-corrected chi connectivity index (χ2v) is 9.18. The molecule has 1 amide bonds. The van der Waals surface area contributed by atoms with Gasteiger partial charge in [0.1, 0.15) is 5.69 Å². The Hall–Kier alpha value is -5.63. The number of benzene rings is 2. The first-order chi connectivity index (χ1) is 19.2. The van der Waals surface area contributed by atoms with Gasteiger partial charge in [0.05, 0.1) is 34.8 Å². The van der Waals surface area contributed by atoms with Crippen LogP contribution in [-0.4, -0.2) is 36.0 Å². The minimum Gasteiger partial charge on any atom is -0.352 e. The number of nitrogens with one attached hydrogen (secondary N) is 3. The molecule has 8 heteroatoms. The number of hydrogen-bond donors (Lipinski definition) is 3. The Morgan fingerprint density at radius 3 is 2.41 bits per heavy atom. The monoisotopic (exact) mass is 507 g/mol. The zero-order valence-corrected chi connectivity index (χ0v) is 20.6. The summed E-state index contributed by atoms with van der Waals surface area (Å²) in [5, 5.41) is 12.7. The summed E-state index contributed by atoms with van der Waals surface area (Å²) in [6.07, 6.45) is 10.7. The molecule has 3 N–H and O–H groups in total. The molecule has 0 aliphatic rings. The maximum atomic E-state index is 12.6. The zero-order chi connectivity index (χ0) is 26.2. The molecule has 5 aromatic heterocycles. The van der Waals surface area contributed by atoms with Crippen LogP contribution < -0.4 is 5.32 Å². The van der Waals surface area contributed by atoms with Crippen molar-refractivity contribution in [3.05, 3.63) is 116 Å². The third kappa shape index (κ3) is 4.19. The smallest absolute Gasteiger partial charge is 0.255 e. The number of nitrogens with zero attached hydrogens (tertiary/aromatic N) is 4. The number of rotatable bonds is 5. The van der Waals surface area contributed by atoms with Gasteiger partial charge in [0.25, 0.3) is 5.91 Å². The molecule has 186 valence electrons. The van der Waals surface area contributed by atoms with Gasteiger partial charge < -0.3 is 10.3 Å². The number of pyridine rings is 3. The van der Waals surface area contributed by atoms with Gasteiger partial charge in [0.2, 0.25) is 0 Å². The quantitative estimate of drug-likeness (QED) is 0.247. The molecule has 0 spiro atoms. The number of aromatic amines is 2. The summed E-state index contributed by atoms with van der Waals surface area (Å²) in [5.41, 5.74) is 8.68. The van der Waals surface area contributed by atoms with Gasteiger partial charge in [-0.1, -0.05) is 24.3 Å². The normalized spacial score (nSPS) is 11.2. The lowest BCUT2D eigenvalue weighted by Gasteiger charge is -2.08. The molecule has 0 fully saturated rings. The highest BCUT2D eigenvalue weighted by Crippen LogP contribution is 2.35. The summed E-state index contributed by atoms with van der Waals surface area (Å²) in [6, 6.07) is 23.2. The summed E-state index contributed by atoms with van der Waals surface area (Å²) in [5.74, 6) is -0.179. The largest absolute Gasteiger partial charge is 0.352 e. The van der Waals surface area contributed by atoms with E-state index in [-0.39, 0.29) is 5.91 Å². The number of fused-ring (bicyclic) bond motifs is 2. The number of amides is 1. The number of carbonyl (C=O) groups is 1. The van der Waals surface area contributed by atoms with E-state index in [1.165, 1.54) is 0 Å². The van der Waals surface area contributed by atoms with Crippen molar-refractivity contribution in [3.8, 4) is 33.6 Å². The van der Waals surface area contributed by atoms with E-state index in [1.807, 2.05) is 60.9 Å². The van der Waals surface area contributed by atoms with E-state index in [0.717, 1.165) is 55.4 Å². The molecule has 8 nitrogen and oxygen atoms in total. The standard InChI is InChI=1S/C31H21N7O/c39-31(20-4-2-1-3-5-20)35-23-12-22(15-33-16-23)21-6-7-27-25(13-21)30(38-37-27)28-14-24-26(17-34-18-29(24)36-28)19-8-10-32-11-9-19/h1-18,36H,(H,35,39)(H,37,38). The molecule has 39 heavy (non-hydrogen) atoms. The Kier molecular flexibility index (Phi) is 5.41. The van der Waals surface area contributed by atoms with Crippen LogP contribution in [0.3, 0.4) is 0 Å². The third-order valence-corrected chi connectivity index (χ3v) is 6.72. The van der Waals surface area contributed by atoms with Gasteiger partial charge >= 0.3 is 0 Å². The fourth-order valence-electron chi connectivity index (χ4n) is 4.80. The molecular formula is C31H21N7O. The number of anilines is 1. The molecule has 0 saturated heterocycles. The summed E-state index contributed by atoms with van der Waals surface area (Å²) in [7, 11) is 0. The Labute approximate surface area is 222 Å². The molecule has 2 aromatic carbocycles. The van der Waals surface area contributed by atoms with Crippen LogP contribution in [0.1, 0.15) is 10.4 Å². The van der Waals surface area contributed by atoms with Crippen LogP contribution in [0, 0.1) is 0 Å². The molecule has 0 aliphatic heterocycles. The molecule has 5 heterocycles. The second kappa shape index (κ2) is 9.35. The number of H-pyrrole nitrogens is 2. The first-order valence-corrected chi connectivity index (χ1v) is 12.4. The lowest BCUT2D eigenvalue weighted by atomic mass is 10.0. The predicted molar refractivity (Wildman–Crippen MR) is 152 cm³/mol. The van der Waals surface area contributed by atoms with Gasteiger partial charge in [0, 0.05) is 52.3 Å². The minimum atomic E-state index is -0.179. The van der Waals surface area contributed by atoms with E-state index in [9.17, 15) is 4.79 Å². The molecule has 0 bridgehead atoms. The maximum absolute atomic E-state index is 12.6. The lowest BCUT2D eigenvalue weighted by molar-refractivity contribution is 0.102. The third-order valence-electron chi connectivity index (χ3n) is 6.72. The van der Waals surface area contributed by atoms with Crippen LogP contribution in [0.4, 0.5) is 5.69 Å². The van der Waals surface area contributed by atoms with Gasteiger partial charge in [0.15, 0.2) is 0 Å². The summed E-state index contributed by atoms with van der Waals surface area (Å²) >= 11 is 0. The highest BCUT2D eigenvalue weighted by Gasteiger charge is 2.15. The molecule has 7 rings (SSSR count). The van der Waals surface area contributed by atoms with Crippen molar-refractivity contribution >= 4 is 33.4 Å². The highest BCUT2D eigenvalue weighted by atomic mass is 16.1. The van der Waals surface area contributed by atoms with Crippen molar-refractivity contribution in [1.82, 2.24) is 30.1 Å². The zero-order valence-electron chi connectivity index (χ0n) is 20.6. The van der Waals surface area contributed by atoms with Crippen molar-refractivity contribution in [1.29, 1.82) is 0 Å². The van der Waals surface area contributed by atoms with Crippen LogP contribution >= 0.6 is 0 Å². The van der Waals surface area contributed by atoms with Gasteiger partial charge in [-0.2, -0.15) is 5.10 Å². The number of hydrogen-bond acceptors (Lipinski definition) is 5. The maximum Gasteiger partial charge on any atom is 0.255 e. The molecule has 7 aromatic rings. The average molecular weight is 508 g/mol. The van der Waals surface area contributed by atoms with Crippen LogP contribution in [0.25, 0.3) is 55.4 Å². The topological polar surface area (TPSA) is 112 Å². The molecular weight excluding hydrogens is 486 g/mol. The van der Waals surface area contributed by atoms with E-state index < -0.39 is 0 Å². The van der Waals surface area contributed by atoms with Gasteiger partial charge in [-0.3, -0.25) is 24.8 Å². The van der Waals surface area contributed by atoms with Crippen molar-refractivity contribution < 1.29 is 4.79 Å². The Bertz CT molecular complexity index is 1960. The predicted octanol–water partition coefficient (Wildman–Crippen LogP) is 6.48. The molecule has 0 unspecified atom stereocenters. The summed E-state index contributed by atoms with van der Waals surface area (Å²) in [4.78, 5) is 29.0. The SMILES string of the molecule is O=C(Nc1cncc(-c2ccc3[nH]nc(-c4cc5c(-c6ccncc6)cncc5[nH]4)c3c2)c1)c1ccccc1. The van der Waals surface area contributed by atoms with Gasteiger partial charge in [-0.05, 0) is 59.7 Å². The highest BCUT2D eigenvalue weighted by molar-refractivity contribution is 6.05. The summed E-state index contributed by atoms with van der Waals surface area (Å²) in [6.45, 7) is 0. The minimum absolute atomic E-state index is 0.179. The first kappa shape index (κ1) is 22.6. The molecule has 0 saturated carbocycles. The van der Waals surface area contributed by atoms with Gasteiger partial charge in [-0.15, -0.1) is 0 Å². The van der Waals surface area contributed by atoms with Crippen LogP contribution in [0.5, 0.6) is 0 Å². The van der Waals surface area contributed by atoms with Crippen LogP contribution in [0.15, 0.2) is 110 Å². The molecule has 0 atom stereocenters. The fourth-order valence-corrected chi connectivity index (χ4v) is 4.80. The Morgan fingerprint density at radius 1 is 0.692 bits per heavy atom. The van der Waals surface area contributed by atoms with E-state index in [2.05, 4.69) is 47.6 Å². The number of aromatic nitrogens is 6. The Balaban J connectivity index is 1.25. The Morgan fingerprint density at radius 2 is 1.54 bits per heavy atom. The second-order valence-electron chi connectivity index (χ2n) is 9.18. The van der Waals surface area contributed by atoms with Crippen molar-refractivity contribution in [2.24, 2.45) is 0 Å².